The van der Waals surface area contributed by atoms with Gasteiger partial charge in [0.2, 0.25) is 10.0 Å². The van der Waals surface area contributed by atoms with Crippen molar-refractivity contribution < 1.29 is 18.3 Å². The molecule has 0 spiro atoms. The van der Waals surface area contributed by atoms with Crippen LogP contribution in [0.15, 0.2) is 59.5 Å². The highest BCUT2D eigenvalue weighted by Gasteiger charge is 2.55. The molecule has 5 fully saturated rings. The van der Waals surface area contributed by atoms with E-state index in [1.807, 2.05) is 35.2 Å². The molecule has 2 N–H and O–H groups in total. The van der Waals surface area contributed by atoms with E-state index in [4.69, 9.17) is 11.6 Å². The minimum absolute atomic E-state index is 0.0291. The normalized spacial score (nSPS) is 32.0. The van der Waals surface area contributed by atoms with Crippen molar-refractivity contribution >= 4 is 27.7 Å². The molecule has 2 aromatic rings. The fourth-order valence-electron chi connectivity index (χ4n) is 7.95. The first-order chi connectivity index (χ1) is 18.7. The zero-order chi connectivity index (χ0) is 27.2. The molecule has 1 aliphatic heterocycles. The first kappa shape index (κ1) is 27.1. The van der Waals surface area contributed by atoms with E-state index >= 15 is 0 Å². The number of rotatable bonds is 7. The number of carbonyl (C=O) groups excluding carboxylic acids is 1. The van der Waals surface area contributed by atoms with Gasteiger partial charge in [0, 0.05) is 37.2 Å². The number of aliphatic hydroxyl groups is 1. The Morgan fingerprint density at radius 1 is 1.08 bits per heavy atom. The van der Waals surface area contributed by atoms with Gasteiger partial charge in [-0.25, -0.2) is 13.2 Å². The zero-order valence-electron chi connectivity index (χ0n) is 22.2. The van der Waals surface area contributed by atoms with Gasteiger partial charge in [-0.05, 0) is 92.4 Å². The highest BCUT2D eigenvalue weighted by Crippen LogP contribution is 2.55. The summed E-state index contributed by atoms with van der Waals surface area (Å²) in [5.41, 5.74) is 0.391. The molecule has 4 saturated carbocycles. The largest absolute Gasteiger partial charge is 0.390 e. The predicted octanol–water partition coefficient (Wildman–Crippen LogP) is 4.89. The van der Waals surface area contributed by atoms with Crippen LogP contribution in [-0.4, -0.2) is 60.0 Å². The second kappa shape index (κ2) is 10.7. The van der Waals surface area contributed by atoms with Crippen molar-refractivity contribution in [2.45, 2.75) is 68.0 Å². The van der Waals surface area contributed by atoms with Crippen LogP contribution >= 0.6 is 11.6 Å². The fourth-order valence-corrected chi connectivity index (χ4v) is 9.75. The monoisotopic (exact) mass is 571 g/mol. The second-order valence-electron chi connectivity index (χ2n) is 12.4. The van der Waals surface area contributed by atoms with Crippen molar-refractivity contribution in [3.63, 3.8) is 0 Å². The van der Waals surface area contributed by atoms with Gasteiger partial charge in [0.1, 0.15) is 0 Å². The first-order valence-corrected chi connectivity index (χ1v) is 16.1. The van der Waals surface area contributed by atoms with Crippen LogP contribution in [0.1, 0.15) is 50.5 Å². The van der Waals surface area contributed by atoms with Crippen molar-refractivity contribution in [2.75, 3.05) is 19.6 Å². The number of hydrogen-bond acceptors (Lipinski definition) is 4. The maximum Gasteiger partial charge on any atom is 0.317 e. The van der Waals surface area contributed by atoms with Crippen LogP contribution in [-0.2, 0) is 16.6 Å². The summed E-state index contributed by atoms with van der Waals surface area (Å²) in [5.74, 6) is 1.34. The summed E-state index contributed by atoms with van der Waals surface area (Å²) >= 11 is 6.15. The lowest BCUT2D eigenvalue weighted by atomic mass is 9.52. The van der Waals surface area contributed by atoms with Gasteiger partial charge >= 0.3 is 6.03 Å². The smallest absolute Gasteiger partial charge is 0.317 e. The molecule has 7 nitrogen and oxygen atoms in total. The van der Waals surface area contributed by atoms with Crippen LogP contribution in [0.3, 0.4) is 0 Å². The quantitative estimate of drug-likeness (QED) is 0.495. The number of piperidine rings is 1. The average Bonchev–Trinajstić information content (AvgIpc) is 2.90. The lowest BCUT2D eigenvalue weighted by Gasteiger charge is -2.58. The van der Waals surface area contributed by atoms with Gasteiger partial charge in [0.05, 0.1) is 10.5 Å². The van der Waals surface area contributed by atoms with Crippen LogP contribution < -0.4 is 5.32 Å². The summed E-state index contributed by atoms with van der Waals surface area (Å²) in [7, 11) is -3.79. The maximum absolute atomic E-state index is 13.8. The highest BCUT2D eigenvalue weighted by atomic mass is 35.5. The topological polar surface area (TPSA) is 89.9 Å². The van der Waals surface area contributed by atoms with E-state index in [2.05, 4.69) is 5.32 Å². The summed E-state index contributed by atoms with van der Waals surface area (Å²) in [6, 6.07) is 16.1. The van der Waals surface area contributed by atoms with Gasteiger partial charge in [0.25, 0.3) is 0 Å². The van der Waals surface area contributed by atoms with Crippen molar-refractivity contribution in [3.05, 3.63) is 65.2 Å². The Hall–Kier alpha value is -2.13. The van der Waals surface area contributed by atoms with E-state index < -0.39 is 15.6 Å². The molecule has 4 bridgehead atoms. The van der Waals surface area contributed by atoms with E-state index in [0.29, 0.717) is 42.4 Å². The molecule has 210 valence electrons. The Kier molecular flexibility index (Phi) is 7.42. The van der Waals surface area contributed by atoms with Crippen LogP contribution in [0.25, 0.3) is 0 Å². The molecule has 2 amide bonds. The van der Waals surface area contributed by atoms with Crippen molar-refractivity contribution in [1.29, 1.82) is 0 Å². The molecule has 2 aromatic carbocycles. The molecule has 9 heteroatoms. The third-order valence-electron chi connectivity index (χ3n) is 9.43. The minimum Gasteiger partial charge on any atom is -0.390 e. The molecule has 0 aromatic heterocycles. The third kappa shape index (κ3) is 5.71. The van der Waals surface area contributed by atoms with Gasteiger partial charge in [-0.15, -0.1) is 0 Å². The SMILES string of the molecule is O=C(NC1C2CC3CC1CC(O)(C3)C2)N1CCC[C@H](CN(Cc2ccccc2)S(=O)(=O)c2cccc(Cl)c2)C1. The number of hydrogen-bond donors (Lipinski definition) is 2. The Morgan fingerprint density at radius 2 is 1.82 bits per heavy atom. The molecular weight excluding hydrogens is 534 g/mol. The van der Waals surface area contributed by atoms with Gasteiger partial charge in [0.15, 0.2) is 0 Å². The molecule has 0 radical (unpaired) electrons. The number of nitrogens with zero attached hydrogens (tertiary/aromatic N) is 2. The van der Waals surface area contributed by atoms with E-state index in [0.717, 1.165) is 50.5 Å². The maximum atomic E-state index is 13.8. The molecule has 3 atom stereocenters. The molecule has 5 aliphatic rings. The van der Waals surface area contributed by atoms with Gasteiger partial charge in [-0.1, -0.05) is 48.0 Å². The Balaban J connectivity index is 1.15. The van der Waals surface area contributed by atoms with Crippen LogP contribution in [0.4, 0.5) is 4.79 Å². The van der Waals surface area contributed by atoms with Crippen molar-refractivity contribution in [1.82, 2.24) is 14.5 Å². The number of amides is 2. The number of halogens is 1. The zero-order valence-corrected chi connectivity index (χ0v) is 23.8. The lowest BCUT2D eigenvalue weighted by molar-refractivity contribution is -0.137. The van der Waals surface area contributed by atoms with Crippen molar-refractivity contribution in [3.8, 4) is 0 Å². The predicted molar refractivity (Wildman–Crippen MR) is 151 cm³/mol. The fraction of sp³-hybridized carbons (Fsp3) is 0.567. The molecular formula is C30H38ClN3O4S. The summed E-state index contributed by atoms with van der Waals surface area (Å²) in [5, 5.41) is 14.6. The molecule has 4 aliphatic carbocycles. The van der Waals surface area contributed by atoms with Gasteiger partial charge in [-0.2, -0.15) is 4.31 Å². The summed E-state index contributed by atoms with van der Waals surface area (Å²) in [4.78, 5) is 15.5. The summed E-state index contributed by atoms with van der Waals surface area (Å²) in [6.07, 6.45) is 6.42. The summed E-state index contributed by atoms with van der Waals surface area (Å²) in [6.45, 7) is 1.79. The highest BCUT2D eigenvalue weighted by molar-refractivity contribution is 7.89. The number of likely N-dealkylation sites (tertiary alicyclic amines) is 1. The Bertz CT molecular complexity index is 1290. The van der Waals surface area contributed by atoms with E-state index in [9.17, 15) is 18.3 Å². The van der Waals surface area contributed by atoms with E-state index in [1.165, 1.54) is 6.07 Å². The molecule has 1 saturated heterocycles. The Morgan fingerprint density at radius 3 is 2.51 bits per heavy atom. The number of nitrogens with one attached hydrogen (secondary N) is 1. The first-order valence-electron chi connectivity index (χ1n) is 14.3. The number of carbonyl (C=O) groups is 1. The molecule has 1 heterocycles. The van der Waals surface area contributed by atoms with Crippen LogP contribution in [0, 0.1) is 23.7 Å². The van der Waals surface area contributed by atoms with Gasteiger partial charge < -0.3 is 15.3 Å². The van der Waals surface area contributed by atoms with Crippen LogP contribution in [0.2, 0.25) is 5.02 Å². The van der Waals surface area contributed by atoms with Crippen LogP contribution in [0.5, 0.6) is 0 Å². The number of sulfonamides is 1. The van der Waals surface area contributed by atoms with Gasteiger partial charge in [-0.3, -0.25) is 0 Å². The Labute approximate surface area is 236 Å². The van der Waals surface area contributed by atoms with E-state index in [-0.39, 0.29) is 29.4 Å². The minimum atomic E-state index is -3.79. The second-order valence-corrected chi connectivity index (χ2v) is 14.7. The summed E-state index contributed by atoms with van der Waals surface area (Å²) < 4.78 is 29.1. The number of urea groups is 1. The van der Waals surface area contributed by atoms with E-state index in [1.54, 1.807) is 22.5 Å². The van der Waals surface area contributed by atoms with Crippen molar-refractivity contribution in [2.24, 2.45) is 23.7 Å². The number of benzene rings is 2. The molecule has 7 rings (SSSR count). The third-order valence-corrected chi connectivity index (χ3v) is 11.5. The average molecular weight is 572 g/mol. The standard InChI is InChI=1S/C30H38ClN3O4S/c31-26-9-4-10-27(14-26)39(37,38)34(19-21-6-2-1-3-7-21)20-22-8-5-11-33(18-22)29(35)32-28-24-12-23-13-25(28)17-30(36,15-23)16-24/h1-4,6-7,9-10,14,22-25,28,36H,5,8,11-13,15-20H2,(H,32,35)/t22-,23?,24?,25?,28?,30?/m0/s1. The molecule has 2 unspecified atom stereocenters. The molecule has 39 heavy (non-hydrogen) atoms. The lowest BCUT2D eigenvalue weighted by Crippen LogP contribution is -2.63.